The molecule has 1 aliphatic rings. The van der Waals surface area contributed by atoms with Crippen LogP contribution in [0.4, 0.5) is 4.39 Å². The molecule has 104 valence electrons. The molecule has 5 heteroatoms. The molecule has 2 rings (SSSR count). The van der Waals surface area contributed by atoms with Gasteiger partial charge in [-0.2, -0.15) is 0 Å². The molecule has 0 spiro atoms. The van der Waals surface area contributed by atoms with Crippen molar-refractivity contribution in [3.63, 3.8) is 0 Å². The Hall–Kier alpha value is -1.10. The summed E-state index contributed by atoms with van der Waals surface area (Å²) in [6.45, 7) is 0. The predicted molar refractivity (Wildman–Crippen MR) is 72.5 cm³/mol. The molecule has 0 aliphatic heterocycles. The number of halogens is 2. The van der Waals surface area contributed by atoms with Crippen molar-refractivity contribution < 1.29 is 18.7 Å². The number of rotatable bonds is 3. The molecule has 0 N–H and O–H groups in total. The van der Waals surface area contributed by atoms with E-state index in [1.54, 1.807) is 12.1 Å². The topological polar surface area (TPSA) is 35.5 Å². The maximum absolute atomic E-state index is 13.7. The summed E-state index contributed by atoms with van der Waals surface area (Å²) in [6, 6.07) is 4.70. The molecule has 1 saturated carbocycles. The normalized spacial score (nSPS) is 22.9. The lowest BCUT2D eigenvalue weighted by molar-refractivity contribution is -0.147. The van der Waals surface area contributed by atoms with Crippen molar-refractivity contribution in [3.8, 4) is 5.75 Å². The standard InChI is InChI=1S/C14H16BrFO3/c1-18-14(17)9-3-2-4-11(7-9)19-13-6-5-10(15)8-12(13)16/h5-6,8-9,11H,2-4,7H2,1H3/t9-,11-/m0/s1. The Morgan fingerprint density at radius 1 is 1.42 bits per heavy atom. The van der Waals surface area contributed by atoms with E-state index in [4.69, 9.17) is 9.47 Å². The molecule has 1 fully saturated rings. The number of hydrogen-bond acceptors (Lipinski definition) is 3. The van der Waals surface area contributed by atoms with E-state index in [0.29, 0.717) is 10.9 Å². The van der Waals surface area contributed by atoms with E-state index >= 15 is 0 Å². The first-order valence-corrected chi connectivity index (χ1v) is 7.09. The van der Waals surface area contributed by atoms with Crippen LogP contribution in [0.5, 0.6) is 5.75 Å². The fourth-order valence-electron chi connectivity index (χ4n) is 2.38. The molecule has 19 heavy (non-hydrogen) atoms. The molecule has 0 bridgehead atoms. The van der Waals surface area contributed by atoms with Crippen molar-refractivity contribution in [1.82, 2.24) is 0 Å². The number of methoxy groups -OCH3 is 1. The van der Waals surface area contributed by atoms with Crippen LogP contribution in [-0.4, -0.2) is 19.2 Å². The van der Waals surface area contributed by atoms with Gasteiger partial charge >= 0.3 is 5.97 Å². The summed E-state index contributed by atoms with van der Waals surface area (Å²) in [4.78, 5) is 11.5. The molecule has 3 nitrogen and oxygen atoms in total. The molecule has 0 heterocycles. The fraction of sp³-hybridized carbons (Fsp3) is 0.500. The Bertz CT molecular complexity index is 464. The fourth-order valence-corrected chi connectivity index (χ4v) is 2.72. The summed E-state index contributed by atoms with van der Waals surface area (Å²) in [5, 5.41) is 0. The molecule has 0 saturated heterocycles. The number of esters is 1. The minimum atomic E-state index is -0.394. The third-order valence-corrected chi connectivity index (χ3v) is 3.84. The summed E-state index contributed by atoms with van der Waals surface area (Å²) in [5.41, 5.74) is 0. The quantitative estimate of drug-likeness (QED) is 0.793. The highest BCUT2D eigenvalue weighted by molar-refractivity contribution is 9.10. The van der Waals surface area contributed by atoms with Gasteiger partial charge in [0.05, 0.1) is 19.1 Å². The van der Waals surface area contributed by atoms with Crippen LogP contribution >= 0.6 is 15.9 Å². The van der Waals surface area contributed by atoms with E-state index in [0.717, 1.165) is 19.3 Å². The third-order valence-electron chi connectivity index (χ3n) is 3.35. The maximum atomic E-state index is 13.7. The van der Waals surface area contributed by atoms with E-state index in [-0.39, 0.29) is 23.7 Å². The molecule has 0 amide bonds. The molecule has 2 atom stereocenters. The van der Waals surface area contributed by atoms with Gasteiger partial charge in [-0.05, 0) is 43.9 Å². The number of carbonyl (C=O) groups is 1. The van der Waals surface area contributed by atoms with Crippen molar-refractivity contribution >= 4 is 21.9 Å². The van der Waals surface area contributed by atoms with E-state index in [1.165, 1.54) is 13.2 Å². The van der Waals surface area contributed by atoms with Gasteiger partial charge in [0.25, 0.3) is 0 Å². The Balaban J connectivity index is 2.00. The number of hydrogen-bond donors (Lipinski definition) is 0. The van der Waals surface area contributed by atoms with E-state index in [2.05, 4.69) is 15.9 Å². The van der Waals surface area contributed by atoms with Crippen LogP contribution in [0, 0.1) is 11.7 Å². The van der Waals surface area contributed by atoms with Gasteiger partial charge in [-0.3, -0.25) is 4.79 Å². The summed E-state index contributed by atoms with van der Waals surface area (Å²) < 4.78 is 24.8. The average Bonchev–Trinajstić information content (AvgIpc) is 2.41. The molecular formula is C14H16BrFO3. The van der Waals surface area contributed by atoms with Gasteiger partial charge in [-0.25, -0.2) is 4.39 Å². The third kappa shape index (κ3) is 3.69. The van der Waals surface area contributed by atoms with Crippen LogP contribution in [0.2, 0.25) is 0 Å². The monoisotopic (exact) mass is 330 g/mol. The minimum Gasteiger partial charge on any atom is -0.487 e. The zero-order valence-electron chi connectivity index (χ0n) is 10.7. The van der Waals surface area contributed by atoms with Crippen LogP contribution < -0.4 is 4.74 Å². The summed E-state index contributed by atoms with van der Waals surface area (Å²) in [5.74, 6) is -0.500. The summed E-state index contributed by atoms with van der Waals surface area (Å²) >= 11 is 3.20. The van der Waals surface area contributed by atoms with Crippen LogP contribution in [0.25, 0.3) is 0 Å². The number of benzene rings is 1. The second-order valence-corrected chi connectivity index (χ2v) is 5.62. The second-order valence-electron chi connectivity index (χ2n) is 4.70. The van der Waals surface area contributed by atoms with E-state index in [1.807, 2.05) is 0 Å². The Kier molecular flexibility index (Phi) is 4.80. The van der Waals surface area contributed by atoms with Gasteiger partial charge < -0.3 is 9.47 Å². The first-order chi connectivity index (χ1) is 9.10. The summed E-state index contributed by atoms with van der Waals surface area (Å²) in [6.07, 6.45) is 3.00. The maximum Gasteiger partial charge on any atom is 0.308 e. The first kappa shape index (κ1) is 14.3. The highest BCUT2D eigenvalue weighted by atomic mass is 79.9. The Labute approximate surface area is 120 Å². The number of ether oxygens (including phenoxy) is 2. The first-order valence-electron chi connectivity index (χ1n) is 6.29. The Morgan fingerprint density at radius 2 is 2.21 bits per heavy atom. The van der Waals surface area contributed by atoms with E-state index < -0.39 is 5.82 Å². The molecular weight excluding hydrogens is 315 g/mol. The molecule has 0 radical (unpaired) electrons. The molecule has 1 aromatic carbocycles. The highest BCUT2D eigenvalue weighted by Crippen LogP contribution is 2.30. The highest BCUT2D eigenvalue weighted by Gasteiger charge is 2.29. The number of carbonyl (C=O) groups excluding carboxylic acids is 1. The summed E-state index contributed by atoms with van der Waals surface area (Å²) in [7, 11) is 1.39. The van der Waals surface area contributed by atoms with Gasteiger partial charge in [0.1, 0.15) is 0 Å². The average molecular weight is 331 g/mol. The van der Waals surface area contributed by atoms with Crippen LogP contribution in [-0.2, 0) is 9.53 Å². The van der Waals surface area contributed by atoms with Crippen molar-refractivity contribution in [2.24, 2.45) is 5.92 Å². The van der Waals surface area contributed by atoms with Crippen LogP contribution in [0.1, 0.15) is 25.7 Å². The van der Waals surface area contributed by atoms with Crippen molar-refractivity contribution in [2.45, 2.75) is 31.8 Å². The lowest BCUT2D eigenvalue weighted by Gasteiger charge is -2.28. The molecule has 1 aliphatic carbocycles. The zero-order valence-corrected chi connectivity index (χ0v) is 12.3. The van der Waals surface area contributed by atoms with Crippen LogP contribution in [0.3, 0.4) is 0 Å². The van der Waals surface area contributed by atoms with Gasteiger partial charge in [0.2, 0.25) is 0 Å². The SMILES string of the molecule is COC(=O)[C@H]1CCC[C@H](Oc2ccc(Br)cc2F)C1. The van der Waals surface area contributed by atoms with Gasteiger partial charge in [0.15, 0.2) is 11.6 Å². The van der Waals surface area contributed by atoms with Gasteiger partial charge in [-0.15, -0.1) is 0 Å². The van der Waals surface area contributed by atoms with Crippen molar-refractivity contribution in [3.05, 3.63) is 28.5 Å². The predicted octanol–water partition coefficient (Wildman–Crippen LogP) is 3.70. The lowest BCUT2D eigenvalue weighted by atomic mass is 9.87. The van der Waals surface area contributed by atoms with Crippen LogP contribution in [0.15, 0.2) is 22.7 Å². The lowest BCUT2D eigenvalue weighted by Crippen LogP contribution is -2.30. The molecule has 0 unspecified atom stereocenters. The zero-order chi connectivity index (χ0) is 13.8. The van der Waals surface area contributed by atoms with Gasteiger partial charge in [0, 0.05) is 4.47 Å². The second kappa shape index (κ2) is 6.37. The van der Waals surface area contributed by atoms with Crippen molar-refractivity contribution in [2.75, 3.05) is 7.11 Å². The minimum absolute atomic E-state index is 0.131. The van der Waals surface area contributed by atoms with Crippen molar-refractivity contribution in [1.29, 1.82) is 0 Å². The Morgan fingerprint density at radius 3 is 2.89 bits per heavy atom. The van der Waals surface area contributed by atoms with Gasteiger partial charge in [-0.1, -0.05) is 15.9 Å². The van der Waals surface area contributed by atoms with E-state index in [9.17, 15) is 9.18 Å². The molecule has 0 aromatic heterocycles. The largest absolute Gasteiger partial charge is 0.487 e. The molecule has 1 aromatic rings. The smallest absolute Gasteiger partial charge is 0.308 e.